The predicted octanol–water partition coefficient (Wildman–Crippen LogP) is 1.55. The highest BCUT2D eigenvalue weighted by Gasteiger charge is 2.48. The summed E-state index contributed by atoms with van der Waals surface area (Å²) in [5, 5.41) is 14.4. The number of amides is 1. The number of aliphatic hydroxyl groups is 1. The zero-order valence-corrected chi connectivity index (χ0v) is 12.3. The van der Waals surface area contributed by atoms with E-state index in [2.05, 4.69) is 26.1 Å². The molecule has 0 spiro atoms. The molecule has 0 aromatic carbocycles. The largest absolute Gasteiger partial charge is 0.373 e. The van der Waals surface area contributed by atoms with Crippen molar-refractivity contribution in [3.05, 3.63) is 34.8 Å². The molecule has 1 aliphatic rings. The zero-order valence-electron chi connectivity index (χ0n) is 10.7. The molecule has 3 heterocycles. The molecule has 0 bridgehead atoms. The van der Waals surface area contributed by atoms with Crippen LogP contribution in [0.25, 0.3) is 11.3 Å². The molecular formula is C13H12BrN3O3. The molecule has 0 unspecified atom stereocenters. The SMILES string of the molecule is CN1CC[C@](O)(c2cc(-c3ccnc(Br)c3)no2)C1=O. The number of pyridine rings is 1. The lowest BCUT2D eigenvalue weighted by Crippen LogP contribution is -2.35. The van der Waals surface area contributed by atoms with E-state index in [1.807, 2.05) is 0 Å². The molecule has 1 aliphatic heterocycles. The zero-order chi connectivity index (χ0) is 14.3. The van der Waals surface area contributed by atoms with Crippen molar-refractivity contribution in [1.29, 1.82) is 0 Å². The molecule has 20 heavy (non-hydrogen) atoms. The van der Waals surface area contributed by atoms with Crippen LogP contribution in [0, 0.1) is 0 Å². The molecule has 2 aromatic rings. The Morgan fingerprint density at radius 3 is 2.95 bits per heavy atom. The third kappa shape index (κ3) is 2.03. The molecule has 1 atom stereocenters. The number of carbonyl (C=O) groups is 1. The highest BCUT2D eigenvalue weighted by Crippen LogP contribution is 2.34. The van der Waals surface area contributed by atoms with Crippen LogP contribution in [0.2, 0.25) is 0 Å². The number of likely N-dealkylation sites (tertiary alicyclic amines) is 1. The predicted molar refractivity (Wildman–Crippen MR) is 73.6 cm³/mol. The van der Waals surface area contributed by atoms with Gasteiger partial charge in [0.2, 0.25) is 5.60 Å². The average Bonchev–Trinajstić information content (AvgIpc) is 3.02. The number of aromatic nitrogens is 2. The van der Waals surface area contributed by atoms with Gasteiger partial charge >= 0.3 is 0 Å². The fraction of sp³-hybridized carbons (Fsp3) is 0.308. The molecule has 1 amide bonds. The lowest BCUT2D eigenvalue weighted by atomic mass is 9.98. The summed E-state index contributed by atoms with van der Waals surface area (Å²) in [6.07, 6.45) is 1.94. The summed E-state index contributed by atoms with van der Waals surface area (Å²) in [6, 6.07) is 5.16. The maximum absolute atomic E-state index is 12.0. The van der Waals surface area contributed by atoms with Gasteiger partial charge in [0.1, 0.15) is 10.3 Å². The van der Waals surface area contributed by atoms with Gasteiger partial charge in [-0.2, -0.15) is 0 Å². The Hall–Kier alpha value is -1.73. The van der Waals surface area contributed by atoms with E-state index in [-0.39, 0.29) is 11.7 Å². The minimum Gasteiger partial charge on any atom is -0.373 e. The van der Waals surface area contributed by atoms with Crippen molar-refractivity contribution < 1.29 is 14.4 Å². The van der Waals surface area contributed by atoms with Gasteiger partial charge in [-0.3, -0.25) is 4.79 Å². The highest BCUT2D eigenvalue weighted by molar-refractivity contribution is 9.10. The Morgan fingerprint density at radius 2 is 2.30 bits per heavy atom. The molecule has 0 saturated carbocycles. The van der Waals surface area contributed by atoms with Crippen molar-refractivity contribution in [2.75, 3.05) is 13.6 Å². The van der Waals surface area contributed by atoms with E-state index < -0.39 is 5.60 Å². The molecule has 3 rings (SSSR count). The molecule has 104 valence electrons. The van der Waals surface area contributed by atoms with Gasteiger partial charge in [0.15, 0.2) is 5.76 Å². The van der Waals surface area contributed by atoms with E-state index >= 15 is 0 Å². The monoisotopic (exact) mass is 337 g/mol. The van der Waals surface area contributed by atoms with Crippen LogP contribution in [0.5, 0.6) is 0 Å². The number of hydrogen-bond donors (Lipinski definition) is 1. The Kier molecular flexibility index (Phi) is 3.10. The molecule has 1 fully saturated rings. The third-order valence-corrected chi connectivity index (χ3v) is 3.88. The van der Waals surface area contributed by atoms with Crippen LogP contribution in [0.3, 0.4) is 0 Å². The van der Waals surface area contributed by atoms with Crippen molar-refractivity contribution in [3.63, 3.8) is 0 Å². The minimum absolute atomic E-state index is 0.176. The Morgan fingerprint density at radius 1 is 1.50 bits per heavy atom. The van der Waals surface area contributed by atoms with Gasteiger partial charge in [-0.1, -0.05) is 5.16 Å². The normalized spacial score (nSPS) is 22.6. The number of likely N-dealkylation sites (N-methyl/N-ethyl adjacent to an activating group) is 1. The second-order valence-electron chi connectivity index (χ2n) is 4.78. The fourth-order valence-corrected chi connectivity index (χ4v) is 2.62. The standard InChI is InChI=1S/C13H12BrN3O3/c1-17-5-3-13(19,12(17)18)10-7-9(16-20-10)8-2-4-15-11(14)6-8/h2,4,6-7,19H,3,5H2,1H3/t13-/m0/s1. The second kappa shape index (κ2) is 4.68. The molecule has 1 saturated heterocycles. The highest BCUT2D eigenvalue weighted by atomic mass is 79.9. The summed E-state index contributed by atoms with van der Waals surface area (Å²) in [7, 11) is 1.65. The van der Waals surface area contributed by atoms with Crippen molar-refractivity contribution in [1.82, 2.24) is 15.0 Å². The van der Waals surface area contributed by atoms with E-state index in [0.717, 1.165) is 5.56 Å². The lowest BCUT2D eigenvalue weighted by Gasteiger charge is -2.16. The van der Waals surface area contributed by atoms with E-state index in [0.29, 0.717) is 23.3 Å². The summed E-state index contributed by atoms with van der Waals surface area (Å²) < 4.78 is 5.86. The minimum atomic E-state index is -1.61. The molecule has 0 radical (unpaired) electrons. The van der Waals surface area contributed by atoms with E-state index in [9.17, 15) is 9.90 Å². The van der Waals surface area contributed by atoms with E-state index in [4.69, 9.17) is 4.52 Å². The maximum atomic E-state index is 12.0. The van der Waals surface area contributed by atoms with E-state index in [1.165, 1.54) is 4.90 Å². The van der Waals surface area contributed by atoms with Crippen LogP contribution in [0.4, 0.5) is 0 Å². The first kappa shape index (κ1) is 13.3. The summed E-state index contributed by atoms with van der Waals surface area (Å²) in [5.41, 5.74) is -0.257. The van der Waals surface area contributed by atoms with Crippen LogP contribution < -0.4 is 0 Å². The lowest BCUT2D eigenvalue weighted by molar-refractivity contribution is -0.144. The topological polar surface area (TPSA) is 79.5 Å². The van der Waals surface area contributed by atoms with Gasteiger partial charge < -0.3 is 14.5 Å². The van der Waals surface area contributed by atoms with Crippen LogP contribution in [0.1, 0.15) is 12.2 Å². The fourth-order valence-electron chi connectivity index (χ4n) is 2.25. The van der Waals surface area contributed by atoms with Gasteiger partial charge in [0.25, 0.3) is 5.91 Å². The molecule has 7 heteroatoms. The number of halogens is 1. The molecule has 6 nitrogen and oxygen atoms in total. The van der Waals surface area contributed by atoms with Gasteiger partial charge in [0, 0.05) is 37.8 Å². The number of rotatable bonds is 2. The number of nitrogens with zero attached hydrogens (tertiary/aromatic N) is 3. The molecule has 1 N–H and O–H groups in total. The van der Waals surface area contributed by atoms with Gasteiger partial charge in [0.05, 0.1) is 0 Å². The smallest absolute Gasteiger partial charge is 0.262 e. The first-order valence-electron chi connectivity index (χ1n) is 6.08. The third-order valence-electron chi connectivity index (χ3n) is 3.45. The van der Waals surface area contributed by atoms with Crippen molar-refractivity contribution >= 4 is 21.8 Å². The molecular weight excluding hydrogens is 326 g/mol. The van der Waals surface area contributed by atoms with Crippen LogP contribution in [0.15, 0.2) is 33.5 Å². The first-order valence-corrected chi connectivity index (χ1v) is 6.87. The average molecular weight is 338 g/mol. The Labute approximate surface area is 123 Å². The maximum Gasteiger partial charge on any atom is 0.262 e. The Balaban J connectivity index is 1.97. The van der Waals surface area contributed by atoms with Crippen LogP contribution in [-0.2, 0) is 10.4 Å². The first-order chi connectivity index (χ1) is 9.50. The van der Waals surface area contributed by atoms with Crippen molar-refractivity contribution in [3.8, 4) is 11.3 Å². The summed E-state index contributed by atoms with van der Waals surface area (Å²) >= 11 is 3.28. The number of hydrogen-bond acceptors (Lipinski definition) is 5. The summed E-state index contributed by atoms with van der Waals surface area (Å²) in [6.45, 7) is 0.492. The molecule has 2 aromatic heterocycles. The Bertz CT molecular complexity index is 672. The van der Waals surface area contributed by atoms with Gasteiger partial charge in [-0.05, 0) is 28.1 Å². The second-order valence-corrected chi connectivity index (χ2v) is 5.59. The number of carbonyl (C=O) groups excluding carboxylic acids is 1. The summed E-state index contributed by atoms with van der Waals surface area (Å²) in [4.78, 5) is 17.5. The van der Waals surface area contributed by atoms with Crippen LogP contribution in [-0.4, -0.2) is 39.6 Å². The van der Waals surface area contributed by atoms with Crippen LogP contribution >= 0.6 is 15.9 Å². The molecule has 0 aliphatic carbocycles. The quantitative estimate of drug-likeness (QED) is 0.841. The summed E-state index contributed by atoms with van der Waals surface area (Å²) in [5.74, 6) is -0.189. The van der Waals surface area contributed by atoms with Crippen molar-refractivity contribution in [2.45, 2.75) is 12.0 Å². The van der Waals surface area contributed by atoms with E-state index in [1.54, 1.807) is 31.4 Å². The van der Waals surface area contributed by atoms with Gasteiger partial charge in [-0.25, -0.2) is 4.98 Å². The van der Waals surface area contributed by atoms with Crippen molar-refractivity contribution in [2.24, 2.45) is 0 Å². The van der Waals surface area contributed by atoms with Gasteiger partial charge in [-0.15, -0.1) is 0 Å².